The number of nitriles is 1. The summed E-state index contributed by atoms with van der Waals surface area (Å²) < 4.78 is 0. The fraction of sp³-hybridized carbons (Fsp3) is 0.148. The fourth-order valence-corrected chi connectivity index (χ4v) is 5.76. The van der Waals surface area contributed by atoms with Crippen molar-refractivity contribution in [2.45, 2.75) is 19.8 Å². The molecule has 0 saturated carbocycles. The molecular weight excluding hydrogens is 512 g/mol. The lowest BCUT2D eigenvalue weighted by Gasteiger charge is -2.29. The molecule has 4 rings (SSSR count). The van der Waals surface area contributed by atoms with Gasteiger partial charge < -0.3 is 16.0 Å². The number of carbonyl (C=O) groups is 2. The summed E-state index contributed by atoms with van der Waals surface area (Å²) in [5.41, 5.74) is 3.61. The van der Waals surface area contributed by atoms with Gasteiger partial charge in [-0.3, -0.25) is 9.59 Å². The van der Waals surface area contributed by atoms with Crippen molar-refractivity contribution < 1.29 is 9.59 Å². The van der Waals surface area contributed by atoms with E-state index in [-0.39, 0.29) is 17.6 Å². The van der Waals surface area contributed by atoms with E-state index in [1.165, 1.54) is 23.1 Å². The number of para-hydroxylation sites is 1. The maximum absolute atomic E-state index is 13.4. The number of rotatable bonds is 7. The van der Waals surface area contributed by atoms with E-state index in [1.54, 1.807) is 18.2 Å². The van der Waals surface area contributed by atoms with E-state index in [0.717, 1.165) is 10.4 Å². The molecule has 3 N–H and O–H groups in total. The molecule has 1 atom stereocenters. The highest BCUT2D eigenvalue weighted by molar-refractivity contribution is 8.03. The molecule has 2 aromatic carbocycles. The molecule has 0 bridgehead atoms. The number of allylic oxidation sites excluding steroid dienone is 2. The molecule has 2 amide bonds. The second-order valence-corrected chi connectivity index (χ2v) is 10.4. The number of thiophene rings is 1. The molecule has 9 heteroatoms. The van der Waals surface area contributed by atoms with Crippen molar-refractivity contribution in [1.29, 1.82) is 5.26 Å². The Hall–Kier alpha value is -3.51. The summed E-state index contributed by atoms with van der Waals surface area (Å²) in [5, 5.41) is 22.2. The van der Waals surface area contributed by atoms with Gasteiger partial charge in [0.05, 0.1) is 28.3 Å². The Morgan fingerprint density at radius 3 is 2.56 bits per heavy atom. The van der Waals surface area contributed by atoms with Crippen LogP contribution in [-0.4, -0.2) is 17.6 Å². The summed E-state index contributed by atoms with van der Waals surface area (Å²) in [5.74, 6) is -0.967. The molecule has 36 heavy (non-hydrogen) atoms. The predicted molar refractivity (Wildman–Crippen MR) is 148 cm³/mol. The maximum Gasteiger partial charge on any atom is 0.254 e. The molecule has 1 aromatic heterocycles. The minimum atomic E-state index is -0.541. The van der Waals surface area contributed by atoms with Crippen LogP contribution in [0.25, 0.3) is 0 Å². The van der Waals surface area contributed by atoms with Gasteiger partial charge in [-0.1, -0.05) is 53.7 Å². The number of hydrogen-bond acceptors (Lipinski definition) is 6. The van der Waals surface area contributed by atoms with Crippen LogP contribution in [0.4, 0.5) is 11.4 Å². The van der Waals surface area contributed by atoms with Crippen molar-refractivity contribution >= 4 is 57.9 Å². The number of benzene rings is 2. The molecule has 0 aliphatic carbocycles. The number of amides is 2. The van der Waals surface area contributed by atoms with Gasteiger partial charge in [-0.2, -0.15) is 5.26 Å². The van der Waals surface area contributed by atoms with Crippen molar-refractivity contribution in [2.24, 2.45) is 0 Å². The van der Waals surface area contributed by atoms with E-state index in [1.807, 2.05) is 61.7 Å². The summed E-state index contributed by atoms with van der Waals surface area (Å²) in [7, 11) is 0. The first-order valence-corrected chi connectivity index (χ1v) is 13.3. The summed E-state index contributed by atoms with van der Waals surface area (Å²) in [4.78, 5) is 26.9. The van der Waals surface area contributed by atoms with Gasteiger partial charge in [-0.05, 0) is 55.1 Å². The largest absolute Gasteiger partial charge is 0.353 e. The number of dihydropyridines is 1. The highest BCUT2D eigenvalue weighted by Crippen LogP contribution is 2.42. The lowest BCUT2D eigenvalue weighted by atomic mass is 9.86. The summed E-state index contributed by atoms with van der Waals surface area (Å²) in [6.45, 7) is 3.65. The fourth-order valence-electron chi connectivity index (χ4n) is 3.85. The van der Waals surface area contributed by atoms with Crippen LogP contribution in [0.2, 0.25) is 5.02 Å². The molecule has 6 nitrogen and oxygen atoms in total. The van der Waals surface area contributed by atoms with Crippen molar-refractivity contribution in [3.05, 3.63) is 103 Å². The normalized spacial score (nSPS) is 15.2. The lowest BCUT2D eigenvalue weighted by Crippen LogP contribution is -2.30. The monoisotopic (exact) mass is 534 g/mol. The first-order valence-electron chi connectivity index (χ1n) is 11.1. The third-order valence-corrected chi connectivity index (χ3v) is 8.00. The molecule has 1 aliphatic rings. The van der Waals surface area contributed by atoms with Crippen LogP contribution in [0.1, 0.15) is 23.3 Å². The predicted octanol–water partition coefficient (Wildman–Crippen LogP) is 6.42. The van der Waals surface area contributed by atoms with Gasteiger partial charge in [0, 0.05) is 32.5 Å². The quantitative estimate of drug-likeness (QED) is 0.325. The first kappa shape index (κ1) is 25.6. The van der Waals surface area contributed by atoms with Crippen molar-refractivity contribution in [1.82, 2.24) is 5.32 Å². The molecular formula is C27H23ClN4O2S2. The van der Waals surface area contributed by atoms with E-state index >= 15 is 0 Å². The number of nitrogens with one attached hydrogen (secondary N) is 3. The van der Waals surface area contributed by atoms with E-state index in [0.29, 0.717) is 38.3 Å². The Morgan fingerprint density at radius 2 is 1.86 bits per heavy atom. The van der Waals surface area contributed by atoms with Gasteiger partial charge in [-0.15, -0.1) is 11.3 Å². The minimum Gasteiger partial charge on any atom is -0.353 e. The average molecular weight is 535 g/mol. The molecule has 2 heterocycles. The molecule has 1 aliphatic heterocycles. The Balaban J connectivity index is 1.58. The zero-order valence-electron chi connectivity index (χ0n) is 19.6. The first-order chi connectivity index (χ1) is 17.4. The molecule has 3 aromatic rings. The van der Waals surface area contributed by atoms with Gasteiger partial charge >= 0.3 is 0 Å². The van der Waals surface area contributed by atoms with Crippen LogP contribution < -0.4 is 16.0 Å². The number of carbonyl (C=O) groups excluding carboxylic acids is 2. The van der Waals surface area contributed by atoms with Crippen LogP contribution in [-0.2, 0) is 9.59 Å². The topological polar surface area (TPSA) is 94.0 Å². The van der Waals surface area contributed by atoms with Crippen LogP contribution in [0, 0.1) is 18.3 Å². The second-order valence-electron chi connectivity index (χ2n) is 8.04. The smallest absolute Gasteiger partial charge is 0.254 e. The van der Waals surface area contributed by atoms with Crippen LogP contribution in [0.15, 0.2) is 87.9 Å². The van der Waals surface area contributed by atoms with E-state index in [4.69, 9.17) is 11.6 Å². The highest BCUT2D eigenvalue weighted by Gasteiger charge is 2.35. The SMILES string of the molecule is CC1=C(C(=O)Nc2ccccc2)[C@@H](c2cccs2)C(C#N)=C(SCC(=O)Nc2cccc(Cl)c2C)N1. The van der Waals surface area contributed by atoms with Crippen molar-refractivity contribution in [3.8, 4) is 6.07 Å². The molecule has 0 fully saturated rings. The van der Waals surface area contributed by atoms with Gasteiger partial charge in [0.25, 0.3) is 5.91 Å². The van der Waals surface area contributed by atoms with Gasteiger partial charge in [-0.25, -0.2) is 0 Å². The second kappa shape index (κ2) is 11.5. The third-order valence-electron chi connectivity index (χ3n) is 5.64. The van der Waals surface area contributed by atoms with Crippen LogP contribution in [0.5, 0.6) is 0 Å². The van der Waals surface area contributed by atoms with Gasteiger partial charge in [0.2, 0.25) is 5.91 Å². The van der Waals surface area contributed by atoms with Crippen molar-refractivity contribution in [2.75, 3.05) is 16.4 Å². The standard InChI is InChI=1S/C27H23ClN4O2S2/c1-16-20(28)10-6-11-21(16)32-23(33)15-36-27-19(14-29)25(22-12-7-13-35-22)24(17(2)30-27)26(34)31-18-8-4-3-5-9-18/h3-13,25,30H,15H2,1-2H3,(H,31,34)(H,32,33)/t25-/m1/s1. The third kappa shape index (κ3) is 5.65. The Kier molecular flexibility index (Phi) is 8.16. The van der Waals surface area contributed by atoms with Crippen LogP contribution >= 0.6 is 34.7 Å². The van der Waals surface area contributed by atoms with E-state index in [9.17, 15) is 14.9 Å². The minimum absolute atomic E-state index is 0.0788. The number of hydrogen-bond donors (Lipinski definition) is 3. The molecule has 0 spiro atoms. The molecule has 182 valence electrons. The number of anilines is 2. The molecule has 0 radical (unpaired) electrons. The zero-order valence-corrected chi connectivity index (χ0v) is 22.0. The summed E-state index contributed by atoms with van der Waals surface area (Å²) in [6.07, 6.45) is 0. The Morgan fingerprint density at radius 1 is 1.08 bits per heavy atom. The number of halogens is 1. The van der Waals surface area contributed by atoms with Crippen molar-refractivity contribution in [3.63, 3.8) is 0 Å². The Labute approximate surface area is 223 Å². The lowest BCUT2D eigenvalue weighted by molar-refractivity contribution is -0.114. The van der Waals surface area contributed by atoms with Gasteiger partial charge in [0.1, 0.15) is 0 Å². The highest BCUT2D eigenvalue weighted by atomic mass is 35.5. The van der Waals surface area contributed by atoms with Gasteiger partial charge in [0.15, 0.2) is 0 Å². The Bertz CT molecular complexity index is 1390. The van der Waals surface area contributed by atoms with E-state index in [2.05, 4.69) is 22.0 Å². The average Bonchev–Trinajstić information content (AvgIpc) is 3.40. The summed E-state index contributed by atoms with van der Waals surface area (Å²) >= 11 is 8.87. The maximum atomic E-state index is 13.4. The molecule has 0 saturated heterocycles. The zero-order chi connectivity index (χ0) is 25.7. The van der Waals surface area contributed by atoms with Crippen LogP contribution in [0.3, 0.4) is 0 Å². The number of nitrogens with zero attached hydrogens (tertiary/aromatic N) is 1. The summed E-state index contributed by atoms with van der Waals surface area (Å²) in [6, 6.07) is 20.6. The van der Waals surface area contributed by atoms with E-state index < -0.39 is 5.92 Å². The number of thioether (sulfide) groups is 1. The molecule has 0 unspecified atom stereocenters.